The fourth-order valence-electron chi connectivity index (χ4n) is 1.88. The number of aromatic amines is 1. The van der Waals surface area contributed by atoms with E-state index in [0.29, 0.717) is 6.42 Å². The Balaban J connectivity index is 2.12. The number of carbonyl (C=O) groups is 1. The average Bonchev–Trinajstić information content (AvgIpc) is 2.59. The minimum Gasteiger partial charge on any atom is -0.346 e. The lowest BCUT2D eigenvalue weighted by atomic mass is 10.0. The van der Waals surface area contributed by atoms with Crippen molar-refractivity contribution in [2.24, 2.45) is 5.73 Å². The number of aldehydes is 1. The van der Waals surface area contributed by atoms with Gasteiger partial charge in [0, 0.05) is 12.1 Å². The molecule has 0 unspecified atom stereocenters. The maximum atomic E-state index is 10.4. The fraction of sp³-hybridized carbons (Fsp3) is 0.600. The van der Waals surface area contributed by atoms with Crippen LogP contribution in [0.1, 0.15) is 30.1 Å². The van der Waals surface area contributed by atoms with Gasteiger partial charge in [-0.05, 0) is 25.7 Å². The summed E-state index contributed by atoms with van der Waals surface area (Å²) in [7, 11) is 0. The zero-order valence-electron chi connectivity index (χ0n) is 8.12. The second-order valence-corrected chi connectivity index (χ2v) is 3.82. The van der Waals surface area contributed by atoms with E-state index >= 15 is 0 Å². The van der Waals surface area contributed by atoms with E-state index in [4.69, 9.17) is 5.73 Å². The van der Waals surface area contributed by atoms with Gasteiger partial charge in [-0.1, -0.05) is 0 Å². The molecule has 4 heteroatoms. The van der Waals surface area contributed by atoms with Gasteiger partial charge in [0.2, 0.25) is 0 Å². The van der Waals surface area contributed by atoms with Crippen LogP contribution in [0.25, 0.3) is 0 Å². The molecule has 0 radical (unpaired) electrons. The number of nitrogens with two attached hydrogens (primary N) is 1. The van der Waals surface area contributed by atoms with E-state index in [1.807, 2.05) is 0 Å². The number of aryl methyl sites for hydroxylation is 2. The first-order chi connectivity index (χ1) is 6.79. The van der Waals surface area contributed by atoms with E-state index in [1.54, 1.807) is 0 Å². The summed E-state index contributed by atoms with van der Waals surface area (Å²) in [6.45, 7) is 0. The minimum absolute atomic E-state index is 0.428. The van der Waals surface area contributed by atoms with E-state index in [-0.39, 0.29) is 0 Å². The number of rotatable bonds is 3. The van der Waals surface area contributed by atoms with Gasteiger partial charge in [-0.3, -0.25) is 0 Å². The van der Waals surface area contributed by atoms with Crippen LogP contribution in [0, 0.1) is 0 Å². The van der Waals surface area contributed by atoms with E-state index in [2.05, 4.69) is 9.97 Å². The highest BCUT2D eigenvalue weighted by Gasteiger charge is 2.15. The van der Waals surface area contributed by atoms with Gasteiger partial charge < -0.3 is 15.5 Å². The summed E-state index contributed by atoms with van der Waals surface area (Å²) in [5, 5.41) is 0. The highest BCUT2D eigenvalue weighted by atomic mass is 16.1. The third-order valence-electron chi connectivity index (χ3n) is 2.61. The number of nitrogens with one attached hydrogen (secondary N) is 1. The molecule has 1 heterocycles. The average molecular weight is 193 g/mol. The van der Waals surface area contributed by atoms with Crippen LogP contribution in [0.2, 0.25) is 0 Å². The number of carbonyl (C=O) groups excluding carboxylic acids is 1. The third kappa shape index (κ3) is 1.85. The Labute approximate surface area is 82.9 Å². The van der Waals surface area contributed by atoms with Crippen LogP contribution in [0.5, 0.6) is 0 Å². The first-order valence-corrected chi connectivity index (χ1v) is 5.07. The van der Waals surface area contributed by atoms with Gasteiger partial charge in [-0.2, -0.15) is 0 Å². The first kappa shape index (κ1) is 9.40. The molecule has 1 aromatic heterocycles. The second-order valence-electron chi connectivity index (χ2n) is 3.82. The van der Waals surface area contributed by atoms with E-state index in [0.717, 1.165) is 25.0 Å². The molecule has 4 nitrogen and oxygen atoms in total. The number of hydrogen-bond acceptors (Lipinski definition) is 3. The van der Waals surface area contributed by atoms with E-state index < -0.39 is 6.04 Å². The number of nitrogens with zero attached hydrogens (tertiary/aromatic N) is 1. The molecule has 1 atom stereocenters. The van der Waals surface area contributed by atoms with Crippen LogP contribution in [-0.4, -0.2) is 22.3 Å². The highest BCUT2D eigenvalue weighted by Crippen LogP contribution is 2.18. The molecule has 0 saturated heterocycles. The summed E-state index contributed by atoms with van der Waals surface area (Å²) in [5.41, 5.74) is 7.95. The molecule has 3 N–H and O–H groups in total. The standard InChI is InChI=1S/C10H15N3O/c11-7(6-14)5-10-12-8-3-1-2-4-9(8)13-10/h6-7H,1-5,11H2,(H,12,13)/t7-/m1/s1. The van der Waals surface area contributed by atoms with Crippen molar-refractivity contribution in [2.45, 2.75) is 38.1 Å². The van der Waals surface area contributed by atoms with E-state index in [9.17, 15) is 4.79 Å². The molecule has 0 aliphatic heterocycles. The van der Waals surface area contributed by atoms with Crippen molar-refractivity contribution in [1.29, 1.82) is 0 Å². The minimum atomic E-state index is -0.428. The Bertz CT molecular complexity index is 309. The molecule has 0 saturated carbocycles. The highest BCUT2D eigenvalue weighted by molar-refractivity contribution is 5.57. The number of hydrogen-bond donors (Lipinski definition) is 2. The normalized spacial score (nSPS) is 17.5. The molecule has 1 aromatic rings. The summed E-state index contributed by atoms with van der Waals surface area (Å²) in [5.74, 6) is 0.858. The molecule has 0 bridgehead atoms. The molecule has 2 rings (SSSR count). The van der Waals surface area contributed by atoms with Gasteiger partial charge in [-0.15, -0.1) is 0 Å². The third-order valence-corrected chi connectivity index (χ3v) is 2.61. The van der Waals surface area contributed by atoms with Crippen molar-refractivity contribution < 1.29 is 4.79 Å². The van der Waals surface area contributed by atoms with E-state index in [1.165, 1.54) is 24.2 Å². The van der Waals surface area contributed by atoms with Gasteiger partial charge in [0.1, 0.15) is 12.1 Å². The zero-order valence-corrected chi connectivity index (χ0v) is 8.12. The van der Waals surface area contributed by atoms with Crippen molar-refractivity contribution >= 4 is 6.29 Å². The maximum Gasteiger partial charge on any atom is 0.137 e. The number of H-pyrrole nitrogens is 1. The lowest BCUT2D eigenvalue weighted by Crippen LogP contribution is -2.24. The number of aromatic nitrogens is 2. The Morgan fingerprint density at radius 3 is 3.00 bits per heavy atom. The molecule has 0 fully saturated rings. The Morgan fingerprint density at radius 2 is 2.29 bits per heavy atom. The van der Waals surface area contributed by atoms with Crippen molar-refractivity contribution in [3.8, 4) is 0 Å². The maximum absolute atomic E-state index is 10.4. The molecule has 1 aliphatic rings. The van der Waals surface area contributed by atoms with Crippen LogP contribution in [-0.2, 0) is 24.1 Å². The lowest BCUT2D eigenvalue weighted by Gasteiger charge is -2.07. The molecule has 14 heavy (non-hydrogen) atoms. The van der Waals surface area contributed by atoms with Gasteiger partial charge in [0.05, 0.1) is 11.7 Å². The Hall–Kier alpha value is -1.16. The number of imidazole rings is 1. The summed E-state index contributed by atoms with van der Waals surface area (Å²) in [6.07, 6.45) is 5.88. The molecular formula is C10H15N3O. The zero-order chi connectivity index (χ0) is 9.97. The quantitative estimate of drug-likeness (QED) is 0.681. The number of fused-ring (bicyclic) bond motifs is 1. The van der Waals surface area contributed by atoms with Crippen LogP contribution < -0.4 is 5.73 Å². The largest absolute Gasteiger partial charge is 0.346 e. The topological polar surface area (TPSA) is 71.8 Å². The van der Waals surface area contributed by atoms with Crippen LogP contribution in [0.3, 0.4) is 0 Å². The van der Waals surface area contributed by atoms with Gasteiger partial charge >= 0.3 is 0 Å². The second kappa shape index (κ2) is 3.92. The molecule has 1 aliphatic carbocycles. The van der Waals surface area contributed by atoms with Gasteiger partial charge in [-0.25, -0.2) is 4.98 Å². The molecule has 0 spiro atoms. The molecule has 76 valence electrons. The smallest absolute Gasteiger partial charge is 0.137 e. The monoisotopic (exact) mass is 193 g/mol. The summed E-state index contributed by atoms with van der Waals surface area (Å²) in [4.78, 5) is 18.1. The first-order valence-electron chi connectivity index (χ1n) is 5.07. The van der Waals surface area contributed by atoms with Crippen LogP contribution in [0.15, 0.2) is 0 Å². The predicted octanol–water partition coefficient (Wildman–Crippen LogP) is 0.357. The van der Waals surface area contributed by atoms with Crippen molar-refractivity contribution in [3.63, 3.8) is 0 Å². The molecular weight excluding hydrogens is 178 g/mol. The van der Waals surface area contributed by atoms with Crippen molar-refractivity contribution in [1.82, 2.24) is 9.97 Å². The van der Waals surface area contributed by atoms with Gasteiger partial charge in [0.15, 0.2) is 0 Å². The predicted molar refractivity (Wildman–Crippen MR) is 53.0 cm³/mol. The summed E-state index contributed by atoms with van der Waals surface area (Å²) < 4.78 is 0. The molecule has 0 amide bonds. The van der Waals surface area contributed by atoms with Crippen molar-refractivity contribution in [2.75, 3.05) is 0 Å². The Kier molecular flexibility index (Phi) is 2.63. The SMILES string of the molecule is N[C@@H](C=O)Cc1nc2c([nH]1)CCCC2. The summed E-state index contributed by atoms with van der Waals surface area (Å²) in [6, 6.07) is -0.428. The van der Waals surface area contributed by atoms with Crippen LogP contribution >= 0.6 is 0 Å². The van der Waals surface area contributed by atoms with Crippen LogP contribution in [0.4, 0.5) is 0 Å². The fourth-order valence-corrected chi connectivity index (χ4v) is 1.88. The van der Waals surface area contributed by atoms with Crippen molar-refractivity contribution in [3.05, 3.63) is 17.2 Å². The lowest BCUT2D eigenvalue weighted by molar-refractivity contribution is -0.108. The van der Waals surface area contributed by atoms with Gasteiger partial charge in [0.25, 0.3) is 0 Å². The molecule has 0 aromatic carbocycles. The Morgan fingerprint density at radius 1 is 1.50 bits per heavy atom. The summed E-state index contributed by atoms with van der Waals surface area (Å²) >= 11 is 0.